The number of aromatic nitrogens is 4. The first-order chi connectivity index (χ1) is 16.6. The van der Waals surface area contributed by atoms with Crippen molar-refractivity contribution in [2.45, 2.75) is 20.2 Å². The fraction of sp³-hybridized carbons (Fsp3) is 0.130. The first-order valence-corrected chi connectivity index (χ1v) is 10.2. The predicted octanol–water partition coefficient (Wildman–Crippen LogP) is 5.61. The Morgan fingerprint density at radius 3 is 2.06 bits per heavy atom. The highest BCUT2D eigenvalue weighted by Gasteiger charge is 2.30. The second-order valence-electron chi connectivity index (χ2n) is 7.23. The van der Waals surface area contributed by atoms with Crippen molar-refractivity contribution in [1.82, 2.24) is 19.5 Å². The SMILES string of the molecule is Cc1nc(Oc2ccc(NC(=O)Nc3ccc(OC(F)(F)F)cc3)cc2)cc(-n2ccnc2C)n1. The van der Waals surface area contributed by atoms with Crippen LogP contribution in [0.1, 0.15) is 11.6 Å². The van der Waals surface area contributed by atoms with Crippen LogP contribution in [0.3, 0.4) is 0 Å². The number of rotatable bonds is 6. The van der Waals surface area contributed by atoms with Gasteiger partial charge in [-0.15, -0.1) is 13.2 Å². The van der Waals surface area contributed by atoms with Gasteiger partial charge in [0.1, 0.15) is 29.0 Å². The molecular formula is C23H19F3N6O3. The first kappa shape index (κ1) is 23.5. The van der Waals surface area contributed by atoms with E-state index < -0.39 is 12.4 Å². The molecule has 12 heteroatoms. The van der Waals surface area contributed by atoms with E-state index in [4.69, 9.17) is 4.74 Å². The van der Waals surface area contributed by atoms with Gasteiger partial charge in [-0.3, -0.25) is 4.57 Å². The highest BCUT2D eigenvalue weighted by Crippen LogP contribution is 2.25. The standard InChI is InChI=1S/C23H19F3N6O3/c1-14-28-20(32-12-11-27-15(32)2)13-21(29-14)34-18-7-3-16(4-8-18)30-22(33)31-17-5-9-19(10-6-17)35-23(24,25)26/h3-13H,1-2H3,(H2,30,31,33). The maximum absolute atomic E-state index is 12.2. The number of hydrogen-bond acceptors (Lipinski definition) is 6. The summed E-state index contributed by atoms with van der Waals surface area (Å²) in [4.78, 5) is 25.1. The lowest BCUT2D eigenvalue weighted by Crippen LogP contribution is -2.19. The quantitative estimate of drug-likeness (QED) is 0.369. The van der Waals surface area contributed by atoms with Crippen LogP contribution in [0.25, 0.3) is 5.82 Å². The van der Waals surface area contributed by atoms with Gasteiger partial charge in [0.25, 0.3) is 0 Å². The number of nitrogens with one attached hydrogen (secondary N) is 2. The van der Waals surface area contributed by atoms with Gasteiger partial charge in [-0.2, -0.15) is 4.98 Å². The largest absolute Gasteiger partial charge is 0.573 e. The van der Waals surface area contributed by atoms with Crippen LogP contribution in [0.4, 0.5) is 29.3 Å². The molecule has 0 aliphatic carbocycles. The molecular weight excluding hydrogens is 465 g/mol. The molecule has 4 aromatic rings. The van der Waals surface area contributed by atoms with Crippen molar-refractivity contribution in [3.8, 4) is 23.2 Å². The zero-order valence-electron chi connectivity index (χ0n) is 18.5. The monoisotopic (exact) mass is 484 g/mol. The summed E-state index contributed by atoms with van der Waals surface area (Å²) < 4.78 is 48.1. The second-order valence-corrected chi connectivity index (χ2v) is 7.23. The summed E-state index contributed by atoms with van der Waals surface area (Å²) in [5.41, 5.74) is 0.764. The van der Waals surface area contributed by atoms with E-state index >= 15 is 0 Å². The normalized spacial score (nSPS) is 11.1. The van der Waals surface area contributed by atoms with E-state index in [1.54, 1.807) is 49.6 Å². The molecule has 4 rings (SSSR count). The molecule has 180 valence electrons. The van der Waals surface area contributed by atoms with E-state index in [1.807, 2.05) is 11.5 Å². The van der Waals surface area contributed by atoms with Crippen LogP contribution in [0, 0.1) is 13.8 Å². The molecule has 0 unspecified atom stereocenters. The Labute approximate surface area is 197 Å². The van der Waals surface area contributed by atoms with Crippen molar-refractivity contribution in [2.75, 3.05) is 10.6 Å². The van der Waals surface area contributed by atoms with Crippen LogP contribution in [0.2, 0.25) is 0 Å². The molecule has 0 spiro atoms. The van der Waals surface area contributed by atoms with Gasteiger partial charge in [-0.05, 0) is 62.4 Å². The van der Waals surface area contributed by atoms with Crippen LogP contribution >= 0.6 is 0 Å². The number of hydrogen-bond donors (Lipinski definition) is 2. The van der Waals surface area contributed by atoms with Crippen LogP contribution < -0.4 is 20.1 Å². The molecule has 2 N–H and O–H groups in total. The number of nitrogens with zero attached hydrogens (tertiary/aromatic N) is 4. The smallest absolute Gasteiger partial charge is 0.439 e. The van der Waals surface area contributed by atoms with E-state index in [-0.39, 0.29) is 5.75 Å². The maximum atomic E-state index is 12.2. The van der Waals surface area contributed by atoms with Crippen LogP contribution in [0.15, 0.2) is 67.0 Å². The van der Waals surface area contributed by atoms with Crippen molar-refractivity contribution < 1.29 is 27.4 Å². The number of carbonyl (C=O) groups is 1. The van der Waals surface area contributed by atoms with E-state index in [2.05, 4.69) is 30.3 Å². The topological polar surface area (TPSA) is 103 Å². The van der Waals surface area contributed by atoms with Crippen molar-refractivity contribution in [1.29, 1.82) is 0 Å². The predicted molar refractivity (Wildman–Crippen MR) is 121 cm³/mol. The zero-order chi connectivity index (χ0) is 25.0. The molecule has 2 aromatic carbocycles. The minimum atomic E-state index is -4.78. The Balaban J connectivity index is 1.36. The average molecular weight is 484 g/mol. The molecule has 0 aliphatic heterocycles. The van der Waals surface area contributed by atoms with E-state index in [0.717, 1.165) is 18.0 Å². The second kappa shape index (κ2) is 9.71. The summed E-state index contributed by atoms with van der Waals surface area (Å²) in [6, 6.07) is 12.5. The minimum absolute atomic E-state index is 0.292. The highest BCUT2D eigenvalue weighted by atomic mass is 19.4. The lowest BCUT2D eigenvalue weighted by molar-refractivity contribution is -0.274. The first-order valence-electron chi connectivity index (χ1n) is 10.2. The molecule has 35 heavy (non-hydrogen) atoms. The van der Waals surface area contributed by atoms with E-state index in [0.29, 0.717) is 34.6 Å². The number of urea groups is 1. The number of anilines is 2. The van der Waals surface area contributed by atoms with Gasteiger partial charge < -0.3 is 20.1 Å². The molecule has 0 bridgehead atoms. The molecule has 2 aromatic heterocycles. The Hall–Kier alpha value is -4.61. The molecule has 0 aliphatic rings. The Bertz CT molecular complexity index is 1320. The molecule has 0 radical (unpaired) electrons. The van der Waals surface area contributed by atoms with Gasteiger partial charge in [0, 0.05) is 29.8 Å². The van der Waals surface area contributed by atoms with Crippen LogP contribution in [-0.4, -0.2) is 31.9 Å². The zero-order valence-corrected chi connectivity index (χ0v) is 18.5. The Morgan fingerprint density at radius 2 is 1.51 bits per heavy atom. The Kier molecular flexibility index (Phi) is 6.53. The summed E-state index contributed by atoms with van der Waals surface area (Å²) in [5.74, 6) is 2.37. The molecule has 0 saturated heterocycles. The van der Waals surface area contributed by atoms with E-state index in [9.17, 15) is 18.0 Å². The molecule has 2 amide bonds. The fourth-order valence-corrected chi connectivity index (χ4v) is 3.08. The van der Waals surface area contributed by atoms with Crippen molar-refractivity contribution in [3.63, 3.8) is 0 Å². The summed E-state index contributed by atoms with van der Waals surface area (Å²) in [6.07, 6.45) is -1.32. The van der Waals surface area contributed by atoms with E-state index in [1.165, 1.54) is 12.1 Å². The van der Waals surface area contributed by atoms with Gasteiger partial charge in [0.2, 0.25) is 5.88 Å². The number of aryl methyl sites for hydroxylation is 2. The minimum Gasteiger partial charge on any atom is -0.439 e. The van der Waals surface area contributed by atoms with Crippen molar-refractivity contribution in [3.05, 3.63) is 78.6 Å². The number of ether oxygens (including phenoxy) is 2. The van der Waals surface area contributed by atoms with Gasteiger partial charge in [-0.1, -0.05) is 0 Å². The Morgan fingerprint density at radius 1 is 0.914 bits per heavy atom. The third-order valence-corrected chi connectivity index (χ3v) is 4.55. The number of imidazole rings is 1. The fourth-order valence-electron chi connectivity index (χ4n) is 3.08. The highest BCUT2D eigenvalue weighted by molar-refractivity contribution is 5.99. The number of carbonyl (C=O) groups excluding carboxylic acids is 1. The third kappa shape index (κ3) is 6.47. The van der Waals surface area contributed by atoms with Crippen molar-refractivity contribution >= 4 is 17.4 Å². The summed E-state index contributed by atoms with van der Waals surface area (Å²) in [6.45, 7) is 3.61. The van der Waals surface area contributed by atoms with Gasteiger partial charge in [-0.25, -0.2) is 14.8 Å². The number of alkyl halides is 3. The molecule has 0 saturated carbocycles. The average Bonchev–Trinajstić information content (AvgIpc) is 3.21. The number of benzene rings is 2. The number of halogens is 3. The molecule has 9 nitrogen and oxygen atoms in total. The van der Waals surface area contributed by atoms with Gasteiger partial charge >= 0.3 is 12.4 Å². The lowest BCUT2D eigenvalue weighted by atomic mass is 10.3. The van der Waals surface area contributed by atoms with Crippen LogP contribution in [-0.2, 0) is 0 Å². The number of amides is 2. The molecule has 0 atom stereocenters. The summed E-state index contributed by atoms with van der Waals surface area (Å²) >= 11 is 0. The van der Waals surface area contributed by atoms with Crippen molar-refractivity contribution in [2.24, 2.45) is 0 Å². The summed E-state index contributed by atoms with van der Waals surface area (Å²) in [5, 5.41) is 5.15. The van der Waals surface area contributed by atoms with Gasteiger partial charge in [0.05, 0.1) is 0 Å². The van der Waals surface area contributed by atoms with Crippen LogP contribution in [0.5, 0.6) is 17.4 Å². The maximum Gasteiger partial charge on any atom is 0.573 e. The molecule has 0 fully saturated rings. The lowest BCUT2D eigenvalue weighted by Gasteiger charge is -2.11. The third-order valence-electron chi connectivity index (χ3n) is 4.55. The molecule has 2 heterocycles. The summed E-state index contributed by atoms with van der Waals surface area (Å²) in [7, 11) is 0. The van der Waals surface area contributed by atoms with Gasteiger partial charge in [0.15, 0.2) is 0 Å².